The first-order valence-corrected chi connectivity index (χ1v) is 6.78. The predicted octanol–water partition coefficient (Wildman–Crippen LogP) is 1.78. The van der Waals surface area contributed by atoms with Crippen molar-refractivity contribution in [3.05, 3.63) is 0 Å². The lowest BCUT2D eigenvalue weighted by molar-refractivity contribution is -0.138. The van der Waals surface area contributed by atoms with Gasteiger partial charge in [-0.2, -0.15) is 0 Å². The van der Waals surface area contributed by atoms with Gasteiger partial charge in [0.05, 0.1) is 0 Å². The smallest absolute Gasteiger partial charge is 0.323 e. The molecule has 0 heterocycles. The monoisotopic (exact) mass is 254 g/mol. The quantitative estimate of drug-likeness (QED) is 0.786. The van der Waals surface area contributed by atoms with E-state index in [1.165, 1.54) is 17.7 Å². The van der Waals surface area contributed by atoms with Crippen molar-refractivity contribution in [3.8, 4) is 0 Å². The van der Waals surface area contributed by atoms with E-state index >= 15 is 0 Å². The molecule has 0 bridgehead atoms. The predicted molar refractivity (Wildman–Crippen MR) is 67.3 cm³/mol. The van der Waals surface area contributed by atoms with Crippen LogP contribution in [0.4, 0.5) is 4.79 Å². The van der Waals surface area contributed by atoms with Gasteiger partial charge in [0, 0.05) is 18.6 Å². The molecule has 2 aliphatic carbocycles. The molecule has 0 saturated heterocycles. The van der Waals surface area contributed by atoms with Crippen molar-refractivity contribution in [1.82, 2.24) is 9.80 Å². The Kier molecular flexibility index (Phi) is 3.78. The molecule has 2 saturated carbocycles. The molecule has 2 amide bonds. The molecule has 102 valence electrons. The second kappa shape index (κ2) is 5.16. The molecule has 0 radical (unpaired) electrons. The van der Waals surface area contributed by atoms with Gasteiger partial charge in [0.25, 0.3) is 0 Å². The summed E-state index contributed by atoms with van der Waals surface area (Å²) in [5, 5.41) is 8.90. The maximum atomic E-state index is 12.5. The Bertz CT molecular complexity index is 335. The average Bonchev–Trinajstić information content (AvgIpc) is 3.13. The van der Waals surface area contributed by atoms with Gasteiger partial charge >= 0.3 is 12.0 Å². The summed E-state index contributed by atoms with van der Waals surface area (Å²) in [5.74, 6) is -0.299. The maximum absolute atomic E-state index is 12.5. The molecule has 1 N–H and O–H groups in total. The number of carbonyl (C=O) groups excluding carboxylic acids is 1. The Morgan fingerprint density at radius 1 is 1.22 bits per heavy atom. The molecule has 5 nitrogen and oxygen atoms in total. The van der Waals surface area contributed by atoms with Gasteiger partial charge in [-0.1, -0.05) is 0 Å². The molecule has 0 aromatic heterocycles. The highest BCUT2D eigenvalue weighted by atomic mass is 16.4. The van der Waals surface area contributed by atoms with Crippen LogP contribution in [0.2, 0.25) is 0 Å². The van der Waals surface area contributed by atoms with Crippen molar-refractivity contribution in [3.63, 3.8) is 0 Å². The third kappa shape index (κ3) is 3.37. The maximum Gasteiger partial charge on any atom is 0.323 e. The van der Waals surface area contributed by atoms with Crippen LogP contribution < -0.4 is 0 Å². The fraction of sp³-hybridized carbons (Fsp3) is 0.846. The Morgan fingerprint density at radius 3 is 2.22 bits per heavy atom. The van der Waals surface area contributed by atoms with Gasteiger partial charge in [-0.05, 0) is 45.4 Å². The van der Waals surface area contributed by atoms with E-state index < -0.39 is 5.97 Å². The number of aliphatic carboxylic acids is 1. The van der Waals surface area contributed by atoms with E-state index in [4.69, 9.17) is 5.11 Å². The van der Waals surface area contributed by atoms with Crippen LogP contribution in [-0.4, -0.2) is 52.1 Å². The third-order valence-corrected chi connectivity index (χ3v) is 3.56. The molecular weight excluding hydrogens is 232 g/mol. The van der Waals surface area contributed by atoms with Gasteiger partial charge in [0.15, 0.2) is 0 Å². The van der Waals surface area contributed by atoms with E-state index in [0.29, 0.717) is 12.0 Å². The molecule has 2 fully saturated rings. The van der Waals surface area contributed by atoms with Crippen LogP contribution in [-0.2, 0) is 4.79 Å². The van der Waals surface area contributed by atoms with Crippen LogP contribution in [0.5, 0.6) is 0 Å². The number of urea groups is 1. The number of hydrogen-bond acceptors (Lipinski definition) is 2. The van der Waals surface area contributed by atoms with Gasteiger partial charge in [0.1, 0.15) is 6.54 Å². The fourth-order valence-corrected chi connectivity index (χ4v) is 2.13. The Morgan fingerprint density at radius 2 is 1.83 bits per heavy atom. The molecule has 5 heteroatoms. The summed E-state index contributed by atoms with van der Waals surface area (Å²) in [5.41, 5.74) is 0. The second-order valence-electron chi connectivity index (χ2n) is 5.72. The molecule has 0 aromatic carbocycles. The normalized spacial score (nSPS) is 18.8. The average molecular weight is 254 g/mol. The van der Waals surface area contributed by atoms with E-state index in [1.807, 2.05) is 18.7 Å². The first-order chi connectivity index (χ1) is 8.49. The lowest BCUT2D eigenvalue weighted by Gasteiger charge is -2.32. The molecule has 0 spiro atoms. The zero-order chi connectivity index (χ0) is 13.3. The van der Waals surface area contributed by atoms with E-state index in [0.717, 1.165) is 19.4 Å². The molecule has 0 unspecified atom stereocenters. The molecule has 0 atom stereocenters. The Balaban J connectivity index is 2.01. The third-order valence-electron chi connectivity index (χ3n) is 3.56. The first-order valence-electron chi connectivity index (χ1n) is 6.78. The summed E-state index contributed by atoms with van der Waals surface area (Å²) in [6.07, 6.45) is 4.54. The van der Waals surface area contributed by atoms with Crippen molar-refractivity contribution in [1.29, 1.82) is 0 Å². The minimum Gasteiger partial charge on any atom is -0.480 e. The van der Waals surface area contributed by atoms with Gasteiger partial charge in [-0.15, -0.1) is 0 Å². The fourth-order valence-electron chi connectivity index (χ4n) is 2.13. The summed E-state index contributed by atoms with van der Waals surface area (Å²) in [6.45, 7) is 4.34. The molecule has 2 aliphatic rings. The summed E-state index contributed by atoms with van der Waals surface area (Å²) >= 11 is 0. The van der Waals surface area contributed by atoms with Crippen LogP contribution in [0.25, 0.3) is 0 Å². The summed E-state index contributed by atoms with van der Waals surface area (Å²) in [4.78, 5) is 26.7. The van der Waals surface area contributed by atoms with Gasteiger partial charge in [-0.3, -0.25) is 4.79 Å². The van der Waals surface area contributed by atoms with Crippen molar-refractivity contribution in [2.24, 2.45) is 5.92 Å². The largest absolute Gasteiger partial charge is 0.480 e. The number of carboxylic acid groups (broad SMARTS) is 1. The highest BCUT2D eigenvalue weighted by Crippen LogP contribution is 2.35. The molecule has 0 aromatic rings. The highest BCUT2D eigenvalue weighted by molar-refractivity contribution is 5.81. The lowest BCUT2D eigenvalue weighted by Crippen LogP contribution is -2.49. The van der Waals surface area contributed by atoms with Gasteiger partial charge < -0.3 is 14.9 Å². The van der Waals surface area contributed by atoms with Crippen LogP contribution in [0.1, 0.15) is 39.5 Å². The van der Waals surface area contributed by atoms with E-state index in [2.05, 4.69) is 0 Å². The number of carboxylic acids is 1. The van der Waals surface area contributed by atoms with Crippen LogP contribution >= 0.6 is 0 Å². The minimum absolute atomic E-state index is 0.0750. The molecule has 0 aliphatic heterocycles. The topological polar surface area (TPSA) is 60.9 Å². The van der Waals surface area contributed by atoms with Crippen molar-refractivity contribution >= 4 is 12.0 Å². The van der Waals surface area contributed by atoms with E-state index in [1.54, 1.807) is 0 Å². The standard InChI is InChI=1S/C13H22N2O3/c1-9(2)14(8-12(16)17)13(18)15(11-5-6-11)7-10-3-4-10/h9-11H,3-8H2,1-2H3,(H,16,17). The van der Waals surface area contributed by atoms with Crippen molar-refractivity contribution < 1.29 is 14.7 Å². The SMILES string of the molecule is CC(C)N(CC(=O)O)C(=O)N(CC1CC1)C1CC1. The summed E-state index contributed by atoms with van der Waals surface area (Å²) in [6, 6.07) is 0.184. The van der Waals surface area contributed by atoms with Gasteiger partial charge in [0.2, 0.25) is 0 Å². The number of amides is 2. The lowest BCUT2D eigenvalue weighted by atomic mass is 10.3. The van der Waals surface area contributed by atoms with E-state index in [9.17, 15) is 9.59 Å². The number of rotatable bonds is 6. The zero-order valence-corrected chi connectivity index (χ0v) is 11.1. The van der Waals surface area contributed by atoms with Crippen molar-refractivity contribution in [2.45, 2.75) is 51.6 Å². The number of carbonyl (C=O) groups is 2. The van der Waals surface area contributed by atoms with Gasteiger partial charge in [-0.25, -0.2) is 4.79 Å². The van der Waals surface area contributed by atoms with Crippen LogP contribution in [0.15, 0.2) is 0 Å². The Labute approximate surface area is 108 Å². The zero-order valence-electron chi connectivity index (χ0n) is 11.1. The second-order valence-corrected chi connectivity index (χ2v) is 5.72. The molecule has 18 heavy (non-hydrogen) atoms. The number of nitrogens with zero attached hydrogens (tertiary/aromatic N) is 2. The van der Waals surface area contributed by atoms with Crippen molar-refractivity contribution in [2.75, 3.05) is 13.1 Å². The molecular formula is C13H22N2O3. The first kappa shape index (κ1) is 13.2. The summed E-state index contributed by atoms with van der Waals surface area (Å²) in [7, 11) is 0. The molecule has 2 rings (SSSR count). The number of hydrogen-bond donors (Lipinski definition) is 1. The minimum atomic E-state index is -0.945. The summed E-state index contributed by atoms with van der Waals surface area (Å²) < 4.78 is 0. The highest BCUT2D eigenvalue weighted by Gasteiger charge is 2.39. The Hall–Kier alpha value is -1.26. The van der Waals surface area contributed by atoms with Crippen LogP contribution in [0.3, 0.4) is 0 Å². The van der Waals surface area contributed by atoms with E-state index in [-0.39, 0.29) is 18.6 Å². The van der Waals surface area contributed by atoms with Crippen LogP contribution in [0, 0.1) is 5.92 Å².